The lowest BCUT2D eigenvalue weighted by Crippen LogP contribution is -2.53. The summed E-state index contributed by atoms with van der Waals surface area (Å²) in [7, 11) is 0. The molecule has 35 heavy (non-hydrogen) atoms. The summed E-state index contributed by atoms with van der Waals surface area (Å²) in [6, 6.07) is 7.65. The van der Waals surface area contributed by atoms with Gasteiger partial charge >= 0.3 is 0 Å². The van der Waals surface area contributed by atoms with Gasteiger partial charge in [0.1, 0.15) is 11.8 Å². The van der Waals surface area contributed by atoms with Crippen molar-refractivity contribution in [2.24, 2.45) is 5.41 Å². The Bertz CT molecular complexity index is 1110. The van der Waals surface area contributed by atoms with Crippen LogP contribution in [0.25, 0.3) is 0 Å². The Labute approximate surface area is 210 Å². The maximum atomic E-state index is 13.6. The number of fused-ring (bicyclic) bond motifs is 1. The van der Waals surface area contributed by atoms with E-state index in [1.165, 1.54) is 5.56 Å². The third kappa shape index (κ3) is 5.69. The van der Waals surface area contributed by atoms with Crippen molar-refractivity contribution >= 4 is 17.5 Å². The molecule has 2 N–H and O–H groups in total. The first-order chi connectivity index (χ1) is 16.4. The summed E-state index contributed by atoms with van der Waals surface area (Å²) in [4.78, 5) is 31.2. The van der Waals surface area contributed by atoms with Gasteiger partial charge in [0.15, 0.2) is 0 Å². The van der Waals surface area contributed by atoms with Gasteiger partial charge in [0.25, 0.3) is 0 Å². The minimum atomic E-state index is -0.601. The zero-order chi connectivity index (χ0) is 26.1. The number of benzene rings is 2. The number of aryl methyl sites for hydroxylation is 1. The van der Waals surface area contributed by atoms with Crippen molar-refractivity contribution < 1.29 is 14.7 Å². The summed E-state index contributed by atoms with van der Waals surface area (Å²) in [5.74, 6) is 0.0115. The predicted molar refractivity (Wildman–Crippen MR) is 142 cm³/mol. The molecular weight excluding hydrogens is 438 g/mol. The van der Waals surface area contributed by atoms with Gasteiger partial charge in [-0.2, -0.15) is 0 Å². The van der Waals surface area contributed by atoms with Gasteiger partial charge in [-0.05, 0) is 73.3 Å². The fourth-order valence-electron chi connectivity index (χ4n) is 4.73. The van der Waals surface area contributed by atoms with Crippen LogP contribution in [0, 0.1) is 26.2 Å². The molecule has 1 heterocycles. The molecule has 0 fully saturated rings. The Morgan fingerprint density at radius 1 is 1.06 bits per heavy atom. The van der Waals surface area contributed by atoms with E-state index in [0.717, 1.165) is 41.9 Å². The summed E-state index contributed by atoms with van der Waals surface area (Å²) in [5, 5.41) is 13.3. The molecule has 2 aromatic rings. The summed E-state index contributed by atoms with van der Waals surface area (Å²) >= 11 is 0. The van der Waals surface area contributed by atoms with E-state index in [-0.39, 0.29) is 17.6 Å². The molecule has 1 aliphatic rings. The highest BCUT2D eigenvalue weighted by Crippen LogP contribution is 2.33. The van der Waals surface area contributed by atoms with Crippen LogP contribution in [0.1, 0.15) is 68.0 Å². The smallest absolute Gasteiger partial charge is 0.247 e. The van der Waals surface area contributed by atoms with Crippen LogP contribution in [0.4, 0.5) is 5.69 Å². The number of nitrogens with zero attached hydrogens (tertiary/aromatic N) is 2. The van der Waals surface area contributed by atoms with Crippen molar-refractivity contribution in [3.8, 4) is 5.75 Å². The molecule has 6 nitrogen and oxygen atoms in total. The molecule has 190 valence electrons. The van der Waals surface area contributed by atoms with Gasteiger partial charge in [0.2, 0.25) is 11.8 Å². The average Bonchev–Trinajstić information content (AvgIpc) is 2.82. The number of carbonyl (C=O) groups is 2. The minimum absolute atomic E-state index is 0.0350. The lowest BCUT2D eigenvalue weighted by Gasteiger charge is -2.39. The molecule has 0 aromatic heterocycles. The fraction of sp³-hybridized carbons (Fsp3) is 0.517. The van der Waals surface area contributed by atoms with Crippen molar-refractivity contribution in [3.63, 3.8) is 0 Å². The molecule has 1 atom stereocenters. The molecular formula is C29H41N3O3. The van der Waals surface area contributed by atoms with Crippen molar-refractivity contribution in [3.05, 3.63) is 57.6 Å². The van der Waals surface area contributed by atoms with E-state index in [2.05, 4.69) is 42.3 Å². The second-order valence-corrected chi connectivity index (χ2v) is 10.8. The molecule has 0 spiro atoms. The monoisotopic (exact) mass is 479 g/mol. The zero-order valence-electron chi connectivity index (χ0n) is 22.6. The first kappa shape index (κ1) is 26.7. The molecule has 0 saturated carbocycles. The van der Waals surface area contributed by atoms with Crippen molar-refractivity contribution in [2.45, 2.75) is 80.9 Å². The Morgan fingerprint density at radius 2 is 1.71 bits per heavy atom. The lowest BCUT2D eigenvalue weighted by molar-refractivity contribution is -0.146. The van der Waals surface area contributed by atoms with Crippen LogP contribution in [0.3, 0.4) is 0 Å². The van der Waals surface area contributed by atoms with Crippen LogP contribution in [0.5, 0.6) is 5.75 Å². The zero-order valence-corrected chi connectivity index (χ0v) is 22.6. The number of nitrogens with one attached hydrogen (secondary N) is 1. The van der Waals surface area contributed by atoms with Gasteiger partial charge in [-0.1, -0.05) is 52.8 Å². The molecule has 1 aliphatic heterocycles. The number of phenolic OH excluding ortho intramolecular Hbond substituents is 1. The Balaban J connectivity index is 1.94. The SMILES string of the molecule is CCN(CC)Cc1ccc2c(c1)CN(C(=O)C(C)(C)C)[C@H](C(=O)Nc1cc(C)c(O)c(C)c1C)C2. The fourth-order valence-corrected chi connectivity index (χ4v) is 4.73. The van der Waals surface area contributed by atoms with Crippen molar-refractivity contribution in [1.82, 2.24) is 9.80 Å². The summed E-state index contributed by atoms with van der Waals surface area (Å²) in [6.07, 6.45) is 0.476. The second-order valence-electron chi connectivity index (χ2n) is 10.8. The van der Waals surface area contributed by atoms with E-state index in [4.69, 9.17) is 0 Å². The van der Waals surface area contributed by atoms with Crippen LogP contribution >= 0.6 is 0 Å². The Morgan fingerprint density at radius 3 is 2.31 bits per heavy atom. The van der Waals surface area contributed by atoms with Crippen molar-refractivity contribution in [2.75, 3.05) is 18.4 Å². The predicted octanol–water partition coefficient (Wildman–Crippen LogP) is 5.10. The number of hydrogen-bond acceptors (Lipinski definition) is 4. The molecule has 0 aliphatic carbocycles. The number of hydrogen-bond donors (Lipinski definition) is 2. The maximum Gasteiger partial charge on any atom is 0.247 e. The highest BCUT2D eigenvalue weighted by molar-refractivity contribution is 5.99. The van der Waals surface area contributed by atoms with E-state index < -0.39 is 11.5 Å². The second kappa shape index (κ2) is 10.4. The Hall–Kier alpha value is -2.86. The van der Waals surface area contributed by atoms with Crippen LogP contribution < -0.4 is 5.32 Å². The van der Waals surface area contributed by atoms with Gasteiger partial charge in [-0.25, -0.2) is 0 Å². The third-order valence-electron chi connectivity index (χ3n) is 7.22. The number of amides is 2. The molecule has 0 bridgehead atoms. The largest absolute Gasteiger partial charge is 0.507 e. The highest BCUT2D eigenvalue weighted by Gasteiger charge is 2.39. The van der Waals surface area contributed by atoms with Gasteiger partial charge in [-0.15, -0.1) is 0 Å². The molecule has 0 radical (unpaired) electrons. The lowest BCUT2D eigenvalue weighted by atomic mass is 9.87. The minimum Gasteiger partial charge on any atom is -0.507 e. The molecule has 3 rings (SSSR count). The van der Waals surface area contributed by atoms with E-state index in [0.29, 0.717) is 24.2 Å². The number of anilines is 1. The van der Waals surface area contributed by atoms with Crippen molar-refractivity contribution in [1.29, 1.82) is 0 Å². The normalized spacial score (nSPS) is 15.8. The van der Waals surface area contributed by atoms with E-state index in [1.54, 1.807) is 11.0 Å². The van der Waals surface area contributed by atoms with E-state index in [1.807, 2.05) is 41.5 Å². The first-order valence-electron chi connectivity index (χ1n) is 12.6. The third-order valence-corrected chi connectivity index (χ3v) is 7.22. The number of aromatic hydroxyl groups is 1. The van der Waals surface area contributed by atoms with Crippen LogP contribution in [0.15, 0.2) is 24.3 Å². The van der Waals surface area contributed by atoms with Gasteiger partial charge in [0.05, 0.1) is 0 Å². The Kier molecular flexibility index (Phi) is 7.95. The average molecular weight is 480 g/mol. The number of carbonyl (C=O) groups excluding carboxylic acids is 2. The summed E-state index contributed by atoms with van der Waals surface area (Å²) in [5.41, 5.74) is 5.81. The van der Waals surface area contributed by atoms with Gasteiger partial charge < -0.3 is 15.3 Å². The molecule has 2 aromatic carbocycles. The number of phenols is 1. The van der Waals surface area contributed by atoms with Gasteiger partial charge in [0, 0.05) is 30.6 Å². The topological polar surface area (TPSA) is 72.9 Å². The highest BCUT2D eigenvalue weighted by atomic mass is 16.3. The molecule has 6 heteroatoms. The van der Waals surface area contributed by atoms with E-state index in [9.17, 15) is 14.7 Å². The van der Waals surface area contributed by atoms with E-state index >= 15 is 0 Å². The quantitative estimate of drug-likeness (QED) is 0.566. The maximum absolute atomic E-state index is 13.6. The van der Waals surface area contributed by atoms with Gasteiger partial charge in [-0.3, -0.25) is 14.5 Å². The molecule has 0 unspecified atom stereocenters. The standard InChI is InChI=1S/C29H41N3O3/c1-9-31(10-2)16-21-11-12-22-15-25(32(17-23(22)14-21)28(35)29(6,7)8)27(34)30-24-13-18(3)26(33)20(5)19(24)4/h11-14,25,33H,9-10,15-17H2,1-8H3,(H,30,34)/t25-/m0/s1. The van der Waals surface area contributed by atoms with Crippen LogP contribution in [-0.4, -0.2) is 45.9 Å². The first-order valence-corrected chi connectivity index (χ1v) is 12.6. The molecule has 0 saturated heterocycles. The van der Waals surface area contributed by atoms with Crippen LogP contribution in [-0.2, 0) is 29.1 Å². The summed E-state index contributed by atoms with van der Waals surface area (Å²) < 4.78 is 0. The van der Waals surface area contributed by atoms with Crippen LogP contribution in [0.2, 0.25) is 0 Å². The molecule has 2 amide bonds. The summed E-state index contributed by atoms with van der Waals surface area (Å²) in [6.45, 7) is 18.8. The number of rotatable bonds is 6.